The van der Waals surface area contributed by atoms with Crippen LogP contribution in [-0.2, 0) is 14.8 Å². The van der Waals surface area contributed by atoms with Crippen LogP contribution in [0.2, 0.25) is 0 Å². The van der Waals surface area contributed by atoms with Crippen LogP contribution in [0.4, 0.5) is 0 Å². The number of nitrogens with zero attached hydrogens (tertiary/aromatic N) is 1. The van der Waals surface area contributed by atoms with Gasteiger partial charge in [-0.3, -0.25) is 0 Å². The van der Waals surface area contributed by atoms with Crippen LogP contribution in [0, 0.1) is 0 Å². The zero-order valence-electron chi connectivity index (χ0n) is 12.9. The van der Waals surface area contributed by atoms with Crippen molar-refractivity contribution in [1.29, 1.82) is 0 Å². The highest BCUT2D eigenvalue weighted by atomic mass is 32.2. The summed E-state index contributed by atoms with van der Waals surface area (Å²) in [6, 6.07) is 9.56. The molecule has 2 heterocycles. The van der Waals surface area contributed by atoms with E-state index < -0.39 is 10.0 Å². The van der Waals surface area contributed by atoms with Gasteiger partial charge in [0.2, 0.25) is 0 Å². The van der Waals surface area contributed by atoms with Gasteiger partial charge in [-0.15, -0.1) is 11.3 Å². The number of rotatable bonds is 4. The molecule has 0 amide bonds. The van der Waals surface area contributed by atoms with Gasteiger partial charge in [-0.2, -0.15) is 4.31 Å². The predicted octanol–water partition coefficient (Wildman–Crippen LogP) is 3.48. The SMILES string of the molecule is CCOC1(C)CCN(S(=O)(=O)c2cc3ccccc3s2)CC1. The van der Waals surface area contributed by atoms with Crippen molar-refractivity contribution in [2.45, 2.75) is 36.5 Å². The Labute approximate surface area is 135 Å². The molecule has 1 aliphatic heterocycles. The molecule has 1 aromatic heterocycles. The summed E-state index contributed by atoms with van der Waals surface area (Å²) in [5.74, 6) is 0. The Morgan fingerprint density at radius 2 is 1.95 bits per heavy atom. The molecule has 6 heteroatoms. The third-order valence-electron chi connectivity index (χ3n) is 4.27. The second kappa shape index (κ2) is 5.92. The Morgan fingerprint density at radius 3 is 2.59 bits per heavy atom. The van der Waals surface area contributed by atoms with Gasteiger partial charge in [0.15, 0.2) is 0 Å². The van der Waals surface area contributed by atoms with Crippen molar-refractivity contribution in [2.75, 3.05) is 19.7 Å². The number of benzene rings is 1. The van der Waals surface area contributed by atoms with Gasteiger partial charge in [0.25, 0.3) is 10.0 Å². The number of fused-ring (bicyclic) bond motifs is 1. The lowest BCUT2D eigenvalue weighted by Crippen LogP contribution is -2.46. The van der Waals surface area contributed by atoms with Gasteiger partial charge in [0.05, 0.1) is 5.60 Å². The normalized spacial score (nSPS) is 19.5. The molecule has 1 fully saturated rings. The van der Waals surface area contributed by atoms with Gasteiger partial charge in [-0.1, -0.05) is 18.2 Å². The van der Waals surface area contributed by atoms with E-state index in [0.717, 1.165) is 22.9 Å². The highest BCUT2D eigenvalue weighted by Gasteiger charge is 2.36. The fraction of sp³-hybridized carbons (Fsp3) is 0.500. The second-order valence-corrected chi connectivity index (χ2v) is 9.14. The Morgan fingerprint density at radius 1 is 1.27 bits per heavy atom. The lowest BCUT2D eigenvalue weighted by Gasteiger charge is -2.38. The molecule has 4 nitrogen and oxygen atoms in total. The van der Waals surface area contributed by atoms with Crippen molar-refractivity contribution in [3.63, 3.8) is 0 Å². The quantitative estimate of drug-likeness (QED) is 0.857. The van der Waals surface area contributed by atoms with E-state index >= 15 is 0 Å². The molecule has 22 heavy (non-hydrogen) atoms. The Kier molecular flexibility index (Phi) is 4.29. The molecule has 0 unspecified atom stereocenters. The average Bonchev–Trinajstić information content (AvgIpc) is 2.92. The smallest absolute Gasteiger partial charge is 0.252 e. The first kappa shape index (κ1) is 15.9. The van der Waals surface area contributed by atoms with Gasteiger partial charge in [0.1, 0.15) is 4.21 Å². The molecule has 0 spiro atoms. The largest absolute Gasteiger partial charge is 0.375 e. The molecule has 1 aromatic carbocycles. The van der Waals surface area contributed by atoms with Gasteiger partial charge in [0, 0.05) is 24.4 Å². The van der Waals surface area contributed by atoms with Gasteiger partial charge < -0.3 is 4.74 Å². The van der Waals surface area contributed by atoms with E-state index in [1.54, 1.807) is 10.4 Å². The molecular formula is C16H21NO3S2. The minimum absolute atomic E-state index is 0.194. The van der Waals surface area contributed by atoms with Crippen LogP contribution >= 0.6 is 11.3 Å². The van der Waals surface area contributed by atoms with Crippen LogP contribution in [0.1, 0.15) is 26.7 Å². The standard InChI is InChI=1S/C16H21NO3S2/c1-3-20-16(2)8-10-17(11-9-16)22(18,19)15-12-13-6-4-5-7-14(13)21-15/h4-7,12H,3,8-11H2,1-2H3. The van der Waals surface area contributed by atoms with Crippen molar-refractivity contribution in [2.24, 2.45) is 0 Å². The van der Waals surface area contributed by atoms with E-state index in [4.69, 9.17) is 4.74 Å². The molecule has 0 radical (unpaired) electrons. The van der Waals surface area contributed by atoms with E-state index in [0.29, 0.717) is 23.9 Å². The zero-order chi connectivity index (χ0) is 15.8. The molecule has 120 valence electrons. The molecule has 1 saturated heterocycles. The van der Waals surface area contributed by atoms with Crippen LogP contribution in [0.3, 0.4) is 0 Å². The summed E-state index contributed by atoms with van der Waals surface area (Å²) in [6.07, 6.45) is 1.48. The summed E-state index contributed by atoms with van der Waals surface area (Å²) in [7, 11) is -3.39. The Balaban J connectivity index is 1.82. The molecule has 3 rings (SSSR count). The number of piperidine rings is 1. The molecule has 0 saturated carbocycles. The minimum atomic E-state index is -3.39. The van der Waals surface area contributed by atoms with Crippen LogP contribution < -0.4 is 0 Å². The maximum Gasteiger partial charge on any atom is 0.252 e. The summed E-state index contributed by atoms with van der Waals surface area (Å²) in [5, 5.41) is 0.988. The summed E-state index contributed by atoms with van der Waals surface area (Å²) in [4.78, 5) is 0. The zero-order valence-corrected chi connectivity index (χ0v) is 14.5. The Bertz CT molecular complexity index is 726. The van der Waals surface area contributed by atoms with Crippen molar-refractivity contribution >= 4 is 31.4 Å². The van der Waals surface area contributed by atoms with Crippen molar-refractivity contribution < 1.29 is 13.2 Å². The predicted molar refractivity (Wildman–Crippen MR) is 89.8 cm³/mol. The molecule has 0 N–H and O–H groups in total. The Hall–Kier alpha value is -0.950. The third-order valence-corrected chi connectivity index (χ3v) is 7.73. The van der Waals surface area contributed by atoms with E-state index in [1.165, 1.54) is 11.3 Å². The lowest BCUT2D eigenvalue weighted by atomic mass is 9.95. The number of thiophene rings is 1. The number of hydrogen-bond acceptors (Lipinski definition) is 4. The van der Waals surface area contributed by atoms with Crippen molar-refractivity contribution in [1.82, 2.24) is 4.31 Å². The van der Waals surface area contributed by atoms with Crippen molar-refractivity contribution in [3.8, 4) is 0 Å². The molecular weight excluding hydrogens is 318 g/mol. The molecule has 0 atom stereocenters. The maximum atomic E-state index is 12.8. The van der Waals surface area contributed by atoms with E-state index in [2.05, 4.69) is 6.92 Å². The van der Waals surface area contributed by atoms with Crippen LogP contribution in [0.25, 0.3) is 10.1 Å². The summed E-state index contributed by atoms with van der Waals surface area (Å²) in [5.41, 5.74) is -0.194. The van der Waals surface area contributed by atoms with Crippen molar-refractivity contribution in [3.05, 3.63) is 30.3 Å². The lowest BCUT2D eigenvalue weighted by molar-refractivity contribution is -0.0553. The number of hydrogen-bond donors (Lipinski definition) is 0. The fourth-order valence-corrected chi connectivity index (χ4v) is 5.90. The second-order valence-electron chi connectivity index (χ2n) is 5.89. The highest BCUT2D eigenvalue weighted by molar-refractivity contribution is 7.91. The first-order valence-electron chi connectivity index (χ1n) is 7.57. The van der Waals surface area contributed by atoms with Gasteiger partial charge in [-0.25, -0.2) is 8.42 Å². The van der Waals surface area contributed by atoms with Gasteiger partial charge >= 0.3 is 0 Å². The highest BCUT2D eigenvalue weighted by Crippen LogP contribution is 2.34. The van der Waals surface area contributed by atoms with Gasteiger partial charge in [-0.05, 0) is 44.2 Å². The molecule has 2 aromatic rings. The van der Waals surface area contributed by atoms with E-state index in [-0.39, 0.29) is 5.60 Å². The fourth-order valence-electron chi connectivity index (χ4n) is 2.90. The number of ether oxygens (including phenoxy) is 1. The third kappa shape index (κ3) is 2.93. The minimum Gasteiger partial charge on any atom is -0.375 e. The first-order valence-corrected chi connectivity index (χ1v) is 9.83. The maximum absolute atomic E-state index is 12.8. The van der Waals surface area contributed by atoms with E-state index in [1.807, 2.05) is 31.2 Å². The summed E-state index contributed by atoms with van der Waals surface area (Å²) >= 11 is 1.35. The average molecular weight is 339 g/mol. The van der Waals surface area contributed by atoms with Crippen LogP contribution in [-0.4, -0.2) is 38.0 Å². The summed E-state index contributed by atoms with van der Waals surface area (Å²) in [6.45, 7) is 5.76. The summed E-state index contributed by atoms with van der Waals surface area (Å²) < 4.78 is 34.5. The molecule has 1 aliphatic rings. The van der Waals surface area contributed by atoms with E-state index in [9.17, 15) is 8.42 Å². The van der Waals surface area contributed by atoms with Crippen LogP contribution in [0.15, 0.2) is 34.5 Å². The first-order chi connectivity index (χ1) is 10.4. The molecule has 0 bridgehead atoms. The van der Waals surface area contributed by atoms with Crippen LogP contribution in [0.5, 0.6) is 0 Å². The monoisotopic (exact) mass is 339 g/mol. The molecule has 0 aliphatic carbocycles. The topological polar surface area (TPSA) is 46.6 Å². The number of sulfonamides is 1.